The third kappa shape index (κ3) is 3.66. The highest BCUT2D eigenvalue weighted by atomic mass is 32.2. The van der Waals surface area contributed by atoms with E-state index in [9.17, 15) is 18.0 Å². The van der Waals surface area contributed by atoms with Crippen LogP contribution in [0.15, 0.2) is 41.4 Å². The second kappa shape index (κ2) is 6.49. The number of hydrogen-bond acceptors (Lipinski definition) is 4. The third-order valence-corrected chi connectivity index (χ3v) is 3.30. The minimum atomic E-state index is -2.63. The summed E-state index contributed by atoms with van der Waals surface area (Å²) in [4.78, 5) is 15.7. The number of para-hydroxylation sites is 1. The molecule has 2 rings (SSSR count). The normalized spacial score (nSPS) is 10.7. The van der Waals surface area contributed by atoms with Gasteiger partial charge in [-0.3, -0.25) is 4.79 Å². The van der Waals surface area contributed by atoms with Gasteiger partial charge >= 0.3 is 0 Å². The van der Waals surface area contributed by atoms with Crippen molar-refractivity contribution in [2.24, 2.45) is 0 Å². The van der Waals surface area contributed by atoms with E-state index in [2.05, 4.69) is 10.3 Å². The summed E-state index contributed by atoms with van der Waals surface area (Å²) in [7, 11) is 0. The molecule has 8 heteroatoms. The van der Waals surface area contributed by atoms with Crippen LogP contribution in [-0.2, 0) is 0 Å². The number of nitrogens with one attached hydrogen (secondary N) is 1. The van der Waals surface area contributed by atoms with Gasteiger partial charge in [0.25, 0.3) is 11.7 Å². The Morgan fingerprint density at radius 3 is 2.71 bits per heavy atom. The average molecular weight is 313 g/mol. The van der Waals surface area contributed by atoms with Crippen molar-refractivity contribution in [1.29, 1.82) is 0 Å². The zero-order chi connectivity index (χ0) is 15.4. The van der Waals surface area contributed by atoms with E-state index in [-0.39, 0.29) is 16.1 Å². The van der Waals surface area contributed by atoms with E-state index in [0.717, 1.165) is 6.07 Å². The highest BCUT2D eigenvalue weighted by Crippen LogP contribution is 2.32. The summed E-state index contributed by atoms with van der Waals surface area (Å²) in [5.41, 5.74) is 5.14. The van der Waals surface area contributed by atoms with Gasteiger partial charge in [0, 0.05) is 11.1 Å². The molecule has 0 aliphatic carbocycles. The van der Waals surface area contributed by atoms with Crippen molar-refractivity contribution in [2.45, 2.75) is 10.7 Å². The lowest BCUT2D eigenvalue weighted by atomic mass is 10.2. The van der Waals surface area contributed by atoms with Crippen LogP contribution in [0.3, 0.4) is 0 Å². The number of pyridine rings is 1. The summed E-state index contributed by atoms with van der Waals surface area (Å²) in [6.07, 6.45) is 1.19. The van der Waals surface area contributed by atoms with E-state index in [1.807, 2.05) is 0 Å². The predicted octanol–water partition coefficient (Wildman–Crippen LogP) is 3.37. The molecule has 0 spiro atoms. The summed E-state index contributed by atoms with van der Waals surface area (Å²) < 4.78 is 38.6. The highest BCUT2D eigenvalue weighted by molar-refractivity contribution is 7.99. The summed E-state index contributed by atoms with van der Waals surface area (Å²) in [5.74, 6) is -4.77. The molecule has 110 valence electrons. The molecule has 0 aliphatic heterocycles. The number of nitrogens with two attached hydrogens (primary N) is 1. The molecule has 0 bridgehead atoms. The van der Waals surface area contributed by atoms with Crippen LogP contribution < -0.4 is 11.1 Å². The zero-order valence-corrected chi connectivity index (χ0v) is 11.3. The quantitative estimate of drug-likeness (QED) is 0.849. The standard InChI is InChI=1S/C13H10F3N3OS/c14-10-7(5-6-18-11(10)17)12(20)19-8-3-1-2-4-9(8)21-13(15)16/h1-6,13H,(H2,17,18)(H,19,20). The number of anilines is 2. The monoisotopic (exact) mass is 313 g/mol. The summed E-state index contributed by atoms with van der Waals surface area (Å²) in [6, 6.07) is 7.17. The second-order valence-corrected chi connectivity index (χ2v) is 4.92. The van der Waals surface area contributed by atoms with Gasteiger partial charge in [-0.1, -0.05) is 23.9 Å². The molecule has 0 aliphatic rings. The molecule has 21 heavy (non-hydrogen) atoms. The molecule has 1 heterocycles. The van der Waals surface area contributed by atoms with Gasteiger partial charge in [0.15, 0.2) is 11.6 Å². The first kappa shape index (κ1) is 15.2. The maximum atomic E-state index is 13.7. The minimum Gasteiger partial charge on any atom is -0.381 e. The topological polar surface area (TPSA) is 68.0 Å². The van der Waals surface area contributed by atoms with Crippen LogP contribution in [0.2, 0.25) is 0 Å². The smallest absolute Gasteiger partial charge is 0.288 e. The number of aromatic nitrogens is 1. The number of carbonyl (C=O) groups excluding carboxylic acids is 1. The van der Waals surface area contributed by atoms with Gasteiger partial charge in [0.05, 0.1) is 11.3 Å². The molecular formula is C13H10F3N3OS. The summed E-state index contributed by atoms with van der Waals surface area (Å²) in [6.45, 7) is 0. The van der Waals surface area contributed by atoms with Crippen LogP contribution in [0, 0.1) is 5.82 Å². The van der Waals surface area contributed by atoms with Crippen molar-refractivity contribution in [1.82, 2.24) is 4.98 Å². The molecule has 1 aromatic heterocycles. The molecule has 0 atom stereocenters. The molecule has 0 unspecified atom stereocenters. The number of nitrogens with zero attached hydrogens (tertiary/aromatic N) is 1. The highest BCUT2D eigenvalue weighted by Gasteiger charge is 2.17. The first-order valence-electron chi connectivity index (χ1n) is 5.74. The van der Waals surface area contributed by atoms with Gasteiger partial charge in [0.1, 0.15) is 0 Å². The first-order chi connectivity index (χ1) is 9.99. The Kier molecular flexibility index (Phi) is 4.69. The van der Waals surface area contributed by atoms with Gasteiger partial charge < -0.3 is 11.1 Å². The lowest BCUT2D eigenvalue weighted by Gasteiger charge is -2.11. The summed E-state index contributed by atoms with van der Waals surface area (Å²) in [5, 5.41) is 2.38. The fourth-order valence-corrected chi connectivity index (χ4v) is 2.19. The number of benzene rings is 1. The van der Waals surface area contributed by atoms with E-state index in [1.54, 1.807) is 12.1 Å². The molecule has 0 fully saturated rings. The van der Waals surface area contributed by atoms with E-state index in [1.165, 1.54) is 18.3 Å². The predicted molar refractivity (Wildman–Crippen MR) is 74.9 cm³/mol. The number of hydrogen-bond donors (Lipinski definition) is 2. The van der Waals surface area contributed by atoms with E-state index in [0.29, 0.717) is 11.8 Å². The third-order valence-electron chi connectivity index (χ3n) is 2.51. The van der Waals surface area contributed by atoms with Crippen LogP contribution in [0.1, 0.15) is 10.4 Å². The molecule has 3 N–H and O–H groups in total. The lowest BCUT2D eigenvalue weighted by molar-refractivity contribution is 0.102. The average Bonchev–Trinajstić information content (AvgIpc) is 2.43. The van der Waals surface area contributed by atoms with Crippen molar-refractivity contribution in [3.05, 3.63) is 47.9 Å². The number of alkyl halides is 2. The Bertz CT molecular complexity index is 667. The van der Waals surface area contributed by atoms with Crippen molar-refractivity contribution < 1.29 is 18.0 Å². The zero-order valence-electron chi connectivity index (χ0n) is 10.5. The largest absolute Gasteiger partial charge is 0.381 e. The fraction of sp³-hybridized carbons (Fsp3) is 0.0769. The van der Waals surface area contributed by atoms with E-state index >= 15 is 0 Å². The van der Waals surface area contributed by atoms with Crippen LogP contribution in [0.4, 0.5) is 24.7 Å². The first-order valence-corrected chi connectivity index (χ1v) is 6.62. The maximum absolute atomic E-state index is 13.7. The van der Waals surface area contributed by atoms with Gasteiger partial charge in [-0.05, 0) is 18.2 Å². The van der Waals surface area contributed by atoms with Gasteiger partial charge in [-0.2, -0.15) is 8.78 Å². The van der Waals surface area contributed by atoms with Crippen molar-refractivity contribution >= 4 is 29.2 Å². The van der Waals surface area contributed by atoms with Crippen molar-refractivity contribution in [3.63, 3.8) is 0 Å². The lowest BCUT2D eigenvalue weighted by Crippen LogP contribution is -2.15. The molecule has 0 saturated carbocycles. The van der Waals surface area contributed by atoms with Gasteiger partial charge in [0.2, 0.25) is 0 Å². The Morgan fingerprint density at radius 1 is 1.29 bits per heavy atom. The van der Waals surface area contributed by atoms with E-state index in [4.69, 9.17) is 5.73 Å². The molecule has 0 radical (unpaired) electrons. The van der Waals surface area contributed by atoms with Crippen molar-refractivity contribution in [2.75, 3.05) is 11.1 Å². The number of thioether (sulfide) groups is 1. The molecule has 1 amide bonds. The molecular weight excluding hydrogens is 303 g/mol. The Hall–Kier alpha value is -2.22. The second-order valence-electron chi connectivity index (χ2n) is 3.89. The number of rotatable bonds is 4. The Labute approximate surface area is 122 Å². The van der Waals surface area contributed by atoms with Gasteiger partial charge in [-0.25, -0.2) is 9.37 Å². The summed E-state index contributed by atoms with van der Waals surface area (Å²) >= 11 is 0.291. The minimum absolute atomic E-state index is 0.169. The molecule has 1 aromatic carbocycles. The number of amides is 1. The molecule has 2 aromatic rings. The van der Waals surface area contributed by atoms with Crippen molar-refractivity contribution in [3.8, 4) is 0 Å². The number of nitrogen functional groups attached to an aromatic ring is 1. The molecule has 4 nitrogen and oxygen atoms in total. The van der Waals surface area contributed by atoms with E-state index < -0.39 is 23.3 Å². The number of carbonyl (C=O) groups is 1. The number of halogens is 3. The Morgan fingerprint density at radius 2 is 2.00 bits per heavy atom. The van der Waals surface area contributed by atoms with Gasteiger partial charge in [-0.15, -0.1) is 0 Å². The van der Waals surface area contributed by atoms with Crippen LogP contribution >= 0.6 is 11.8 Å². The fourth-order valence-electron chi connectivity index (χ4n) is 1.59. The van der Waals surface area contributed by atoms with Crippen LogP contribution in [0.5, 0.6) is 0 Å². The molecule has 0 saturated heterocycles. The van der Waals surface area contributed by atoms with Crippen LogP contribution in [0.25, 0.3) is 0 Å². The maximum Gasteiger partial charge on any atom is 0.288 e. The SMILES string of the molecule is Nc1nccc(C(=O)Nc2ccccc2SC(F)F)c1F. The Balaban J connectivity index is 2.26. The van der Waals surface area contributed by atoms with Crippen LogP contribution in [-0.4, -0.2) is 16.6 Å².